The standard InChI is InChI=1S/C11H9N5/c12-11-8(2-1-5-14-11)9-3-4-10-13-6-7-16(10)15-9/h1-7H,(H2,12,14). The lowest BCUT2D eigenvalue weighted by Crippen LogP contribution is -1.97. The average molecular weight is 211 g/mol. The molecule has 0 aliphatic carbocycles. The molecule has 0 radical (unpaired) electrons. The van der Waals surface area contributed by atoms with E-state index in [1.165, 1.54) is 0 Å². The number of aromatic nitrogens is 4. The van der Waals surface area contributed by atoms with E-state index in [-0.39, 0.29) is 0 Å². The quantitative estimate of drug-likeness (QED) is 0.660. The van der Waals surface area contributed by atoms with Gasteiger partial charge in [-0.05, 0) is 24.3 Å². The molecule has 0 amide bonds. The Morgan fingerprint density at radius 2 is 2.00 bits per heavy atom. The van der Waals surface area contributed by atoms with Crippen molar-refractivity contribution in [2.45, 2.75) is 0 Å². The summed E-state index contributed by atoms with van der Waals surface area (Å²) in [6.07, 6.45) is 5.17. The van der Waals surface area contributed by atoms with E-state index >= 15 is 0 Å². The molecule has 0 aromatic carbocycles. The predicted octanol–water partition coefficient (Wildman–Crippen LogP) is 1.37. The van der Waals surface area contributed by atoms with Gasteiger partial charge in [-0.3, -0.25) is 0 Å². The Bertz CT molecular complexity index is 643. The van der Waals surface area contributed by atoms with E-state index in [0.717, 1.165) is 16.9 Å². The molecule has 0 atom stereocenters. The molecule has 3 heterocycles. The zero-order valence-electron chi connectivity index (χ0n) is 8.41. The van der Waals surface area contributed by atoms with Crippen LogP contribution in [0.25, 0.3) is 16.9 Å². The first-order valence-electron chi connectivity index (χ1n) is 4.86. The Hall–Kier alpha value is -2.43. The van der Waals surface area contributed by atoms with Crippen LogP contribution in [-0.2, 0) is 0 Å². The predicted molar refractivity (Wildman–Crippen MR) is 60.6 cm³/mol. The number of rotatable bonds is 1. The Kier molecular flexibility index (Phi) is 1.83. The van der Waals surface area contributed by atoms with Crippen molar-refractivity contribution < 1.29 is 0 Å². The molecule has 0 fully saturated rings. The second kappa shape index (κ2) is 3.30. The highest BCUT2D eigenvalue weighted by atomic mass is 15.2. The van der Waals surface area contributed by atoms with Gasteiger partial charge in [0.05, 0.1) is 5.69 Å². The maximum Gasteiger partial charge on any atom is 0.153 e. The van der Waals surface area contributed by atoms with Crippen molar-refractivity contribution in [3.05, 3.63) is 42.9 Å². The molecule has 3 aromatic heterocycles. The summed E-state index contributed by atoms with van der Waals surface area (Å²) in [7, 11) is 0. The third-order valence-corrected chi connectivity index (χ3v) is 2.37. The minimum absolute atomic E-state index is 0.481. The van der Waals surface area contributed by atoms with Gasteiger partial charge in [0.1, 0.15) is 5.82 Å². The molecule has 3 rings (SSSR count). The lowest BCUT2D eigenvalue weighted by molar-refractivity contribution is 0.942. The summed E-state index contributed by atoms with van der Waals surface area (Å²) in [5.41, 5.74) is 8.23. The van der Waals surface area contributed by atoms with Crippen LogP contribution in [0.15, 0.2) is 42.9 Å². The number of imidazole rings is 1. The van der Waals surface area contributed by atoms with Crippen molar-refractivity contribution in [2.75, 3.05) is 5.73 Å². The topological polar surface area (TPSA) is 69.1 Å². The smallest absolute Gasteiger partial charge is 0.153 e. The molecule has 5 nitrogen and oxygen atoms in total. The SMILES string of the molecule is Nc1ncccc1-c1ccc2nccn2n1. The van der Waals surface area contributed by atoms with Crippen molar-refractivity contribution in [3.63, 3.8) is 0 Å². The fraction of sp³-hybridized carbons (Fsp3) is 0. The number of nitrogens with zero attached hydrogens (tertiary/aromatic N) is 4. The van der Waals surface area contributed by atoms with Crippen LogP contribution in [0.3, 0.4) is 0 Å². The third kappa shape index (κ3) is 1.30. The van der Waals surface area contributed by atoms with Crippen LogP contribution in [0, 0.1) is 0 Å². The summed E-state index contributed by atoms with van der Waals surface area (Å²) in [6, 6.07) is 7.52. The molecule has 0 spiro atoms. The van der Waals surface area contributed by atoms with Gasteiger partial charge in [-0.25, -0.2) is 14.5 Å². The first kappa shape index (κ1) is 8.84. The molecule has 0 aliphatic rings. The number of nitrogens with two attached hydrogens (primary N) is 1. The zero-order chi connectivity index (χ0) is 11.0. The van der Waals surface area contributed by atoms with E-state index in [2.05, 4.69) is 15.1 Å². The van der Waals surface area contributed by atoms with Gasteiger partial charge in [-0.15, -0.1) is 0 Å². The minimum Gasteiger partial charge on any atom is -0.383 e. The molecule has 2 N–H and O–H groups in total. The summed E-state index contributed by atoms with van der Waals surface area (Å²) >= 11 is 0. The molecular formula is C11H9N5. The number of fused-ring (bicyclic) bond motifs is 1. The van der Waals surface area contributed by atoms with Gasteiger partial charge in [0.15, 0.2) is 5.65 Å². The van der Waals surface area contributed by atoms with Gasteiger partial charge in [0.2, 0.25) is 0 Å². The van der Waals surface area contributed by atoms with Crippen molar-refractivity contribution in [1.29, 1.82) is 0 Å². The van der Waals surface area contributed by atoms with Gasteiger partial charge in [0, 0.05) is 24.2 Å². The van der Waals surface area contributed by atoms with E-state index in [1.54, 1.807) is 23.1 Å². The minimum atomic E-state index is 0.481. The van der Waals surface area contributed by atoms with Crippen molar-refractivity contribution in [2.24, 2.45) is 0 Å². The van der Waals surface area contributed by atoms with Gasteiger partial charge in [0.25, 0.3) is 0 Å². The highest BCUT2D eigenvalue weighted by molar-refractivity contribution is 5.70. The number of hydrogen-bond acceptors (Lipinski definition) is 4. The van der Waals surface area contributed by atoms with Crippen molar-refractivity contribution >= 4 is 11.5 Å². The van der Waals surface area contributed by atoms with Gasteiger partial charge < -0.3 is 5.73 Å². The first-order chi connectivity index (χ1) is 7.84. The molecule has 3 aromatic rings. The summed E-state index contributed by atoms with van der Waals surface area (Å²) in [6.45, 7) is 0. The monoisotopic (exact) mass is 211 g/mol. The highest BCUT2D eigenvalue weighted by Crippen LogP contribution is 2.21. The molecular weight excluding hydrogens is 202 g/mol. The largest absolute Gasteiger partial charge is 0.383 e. The summed E-state index contributed by atoms with van der Waals surface area (Å²) in [5, 5.41) is 4.40. The van der Waals surface area contributed by atoms with E-state index in [0.29, 0.717) is 5.82 Å². The van der Waals surface area contributed by atoms with Crippen molar-refractivity contribution in [3.8, 4) is 11.3 Å². The van der Waals surface area contributed by atoms with E-state index in [9.17, 15) is 0 Å². The average Bonchev–Trinajstić information content (AvgIpc) is 2.76. The first-order valence-corrected chi connectivity index (χ1v) is 4.86. The summed E-state index contributed by atoms with van der Waals surface area (Å²) in [5.74, 6) is 0.481. The molecule has 0 unspecified atom stereocenters. The number of nitrogen functional groups attached to an aromatic ring is 1. The van der Waals surface area contributed by atoms with Crippen LogP contribution in [0.5, 0.6) is 0 Å². The lowest BCUT2D eigenvalue weighted by atomic mass is 10.2. The Morgan fingerprint density at radius 1 is 1.06 bits per heavy atom. The van der Waals surface area contributed by atoms with Crippen LogP contribution in [0.1, 0.15) is 0 Å². The van der Waals surface area contributed by atoms with Crippen LogP contribution in [0.4, 0.5) is 5.82 Å². The fourth-order valence-corrected chi connectivity index (χ4v) is 1.59. The van der Waals surface area contributed by atoms with E-state index < -0.39 is 0 Å². The van der Waals surface area contributed by atoms with Crippen LogP contribution >= 0.6 is 0 Å². The molecule has 78 valence electrons. The third-order valence-electron chi connectivity index (χ3n) is 2.37. The molecule has 0 saturated carbocycles. The van der Waals surface area contributed by atoms with Crippen molar-refractivity contribution in [1.82, 2.24) is 19.6 Å². The van der Waals surface area contributed by atoms with Crippen LogP contribution < -0.4 is 5.73 Å². The number of anilines is 1. The Labute approximate surface area is 91.6 Å². The maximum atomic E-state index is 5.80. The van der Waals surface area contributed by atoms with Gasteiger partial charge >= 0.3 is 0 Å². The zero-order valence-corrected chi connectivity index (χ0v) is 8.41. The normalized spacial score (nSPS) is 10.8. The molecule has 16 heavy (non-hydrogen) atoms. The summed E-state index contributed by atoms with van der Waals surface area (Å²) in [4.78, 5) is 8.17. The Balaban J connectivity index is 2.22. The van der Waals surface area contributed by atoms with Crippen LogP contribution in [0.2, 0.25) is 0 Å². The Morgan fingerprint density at radius 3 is 2.88 bits per heavy atom. The molecule has 5 heteroatoms. The fourth-order valence-electron chi connectivity index (χ4n) is 1.59. The van der Waals surface area contributed by atoms with E-state index in [1.807, 2.05) is 24.3 Å². The lowest BCUT2D eigenvalue weighted by Gasteiger charge is -2.03. The van der Waals surface area contributed by atoms with Gasteiger partial charge in [-0.2, -0.15) is 5.10 Å². The molecule has 0 bridgehead atoms. The second-order valence-corrected chi connectivity index (χ2v) is 3.38. The second-order valence-electron chi connectivity index (χ2n) is 3.38. The number of pyridine rings is 1. The maximum absolute atomic E-state index is 5.80. The molecule has 0 aliphatic heterocycles. The summed E-state index contributed by atoms with van der Waals surface area (Å²) < 4.78 is 1.71. The van der Waals surface area contributed by atoms with E-state index in [4.69, 9.17) is 5.73 Å². The number of hydrogen-bond donors (Lipinski definition) is 1. The van der Waals surface area contributed by atoms with Gasteiger partial charge in [-0.1, -0.05) is 0 Å². The molecule has 0 saturated heterocycles. The van der Waals surface area contributed by atoms with Crippen LogP contribution in [-0.4, -0.2) is 19.6 Å². The highest BCUT2D eigenvalue weighted by Gasteiger charge is 2.05.